The van der Waals surface area contributed by atoms with E-state index in [1.807, 2.05) is 31.7 Å². The van der Waals surface area contributed by atoms with Crippen LogP contribution in [-0.2, 0) is 22.4 Å². The Morgan fingerprint density at radius 2 is 1.91 bits per heavy atom. The zero-order chi connectivity index (χ0) is 15.7. The molecule has 1 aromatic carbocycles. The predicted molar refractivity (Wildman–Crippen MR) is 85.1 cm³/mol. The standard InChI is InChI=1S/C18H25NO3/c1-12-10-19(11-13(2)21-12)18(20)14(3)22-17-8-7-15-5-4-6-16(15)9-17/h7-9,12-14H,4-6,10-11H2,1-3H3/t12-,13-,14-/m1/s1. The predicted octanol–water partition coefficient (Wildman–Crippen LogP) is 2.58. The number of amides is 1. The summed E-state index contributed by atoms with van der Waals surface area (Å²) >= 11 is 0. The molecule has 0 saturated carbocycles. The molecule has 1 amide bonds. The van der Waals surface area contributed by atoms with Crippen molar-refractivity contribution in [3.63, 3.8) is 0 Å². The Labute approximate surface area is 132 Å². The molecule has 1 aromatic rings. The number of aryl methyl sites for hydroxylation is 2. The van der Waals surface area contributed by atoms with Crippen LogP contribution in [0.25, 0.3) is 0 Å². The molecule has 1 saturated heterocycles. The van der Waals surface area contributed by atoms with Gasteiger partial charge in [0, 0.05) is 13.1 Å². The molecule has 4 nitrogen and oxygen atoms in total. The maximum Gasteiger partial charge on any atom is 0.263 e. The second kappa shape index (κ2) is 6.29. The minimum atomic E-state index is -0.461. The highest BCUT2D eigenvalue weighted by atomic mass is 16.5. The van der Waals surface area contributed by atoms with Crippen LogP contribution in [0.3, 0.4) is 0 Å². The van der Waals surface area contributed by atoms with Gasteiger partial charge in [-0.2, -0.15) is 0 Å². The lowest BCUT2D eigenvalue weighted by Gasteiger charge is -2.36. The van der Waals surface area contributed by atoms with Gasteiger partial charge in [0.1, 0.15) is 5.75 Å². The number of hydrogen-bond acceptors (Lipinski definition) is 3. The molecule has 0 spiro atoms. The van der Waals surface area contributed by atoms with Gasteiger partial charge in [-0.25, -0.2) is 0 Å². The number of hydrogen-bond donors (Lipinski definition) is 0. The molecule has 0 N–H and O–H groups in total. The SMILES string of the molecule is C[C@@H]1CN(C(=O)[C@@H](C)Oc2ccc3c(c2)CCC3)C[C@@H](C)O1. The van der Waals surface area contributed by atoms with Crippen LogP contribution in [0.2, 0.25) is 0 Å². The number of carbonyl (C=O) groups is 1. The van der Waals surface area contributed by atoms with Crippen LogP contribution in [-0.4, -0.2) is 42.2 Å². The summed E-state index contributed by atoms with van der Waals surface area (Å²) in [4.78, 5) is 14.4. The van der Waals surface area contributed by atoms with Crippen molar-refractivity contribution in [2.75, 3.05) is 13.1 Å². The van der Waals surface area contributed by atoms with E-state index in [-0.39, 0.29) is 18.1 Å². The first-order valence-corrected chi connectivity index (χ1v) is 8.25. The lowest BCUT2D eigenvalue weighted by atomic mass is 10.1. The van der Waals surface area contributed by atoms with Crippen LogP contribution >= 0.6 is 0 Å². The Kier molecular flexibility index (Phi) is 4.39. The molecule has 1 aliphatic carbocycles. The number of ether oxygens (including phenoxy) is 2. The zero-order valence-corrected chi connectivity index (χ0v) is 13.7. The van der Waals surface area contributed by atoms with Crippen molar-refractivity contribution in [2.24, 2.45) is 0 Å². The molecule has 3 rings (SSSR count). The fourth-order valence-corrected chi connectivity index (χ4v) is 3.49. The molecule has 0 unspecified atom stereocenters. The van der Waals surface area contributed by atoms with Gasteiger partial charge in [0.25, 0.3) is 5.91 Å². The van der Waals surface area contributed by atoms with Crippen LogP contribution in [0, 0.1) is 0 Å². The number of carbonyl (C=O) groups excluding carboxylic acids is 1. The summed E-state index contributed by atoms with van der Waals surface area (Å²) in [5.74, 6) is 0.846. The lowest BCUT2D eigenvalue weighted by molar-refractivity contribution is -0.149. The number of morpholine rings is 1. The van der Waals surface area contributed by atoms with Crippen molar-refractivity contribution in [1.82, 2.24) is 4.90 Å². The highest BCUT2D eigenvalue weighted by molar-refractivity contribution is 5.81. The highest BCUT2D eigenvalue weighted by Gasteiger charge is 2.29. The van der Waals surface area contributed by atoms with Crippen LogP contribution in [0.4, 0.5) is 0 Å². The van der Waals surface area contributed by atoms with Gasteiger partial charge in [-0.3, -0.25) is 4.79 Å². The number of nitrogens with zero attached hydrogens (tertiary/aromatic N) is 1. The van der Waals surface area contributed by atoms with Gasteiger partial charge in [-0.15, -0.1) is 0 Å². The Bertz CT molecular complexity index is 547. The van der Waals surface area contributed by atoms with Gasteiger partial charge in [0.2, 0.25) is 0 Å². The molecule has 1 fully saturated rings. The van der Waals surface area contributed by atoms with Crippen molar-refractivity contribution >= 4 is 5.91 Å². The lowest BCUT2D eigenvalue weighted by Crippen LogP contribution is -2.51. The molecule has 22 heavy (non-hydrogen) atoms. The van der Waals surface area contributed by atoms with E-state index in [1.165, 1.54) is 17.5 Å². The van der Waals surface area contributed by atoms with E-state index in [0.29, 0.717) is 13.1 Å². The molecule has 120 valence electrons. The van der Waals surface area contributed by atoms with Gasteiger partial charge in [0.15, 0.2) is 6.10 Å². The van der Waals surface area contributed by atoms with Gasteiger partial charge >= 0.3 is 0 Å². The van der Waals surface area contributed by atoms with E-state index in [4.69, 9.17) is 9.47 Å². The summed E-state index contributed by atoms with van der Waals surface area (Å²) in [5.41, 5.74) is 2.79. The summed E-state index contributed by atoms with van der Waals surface area (Å²) in [6.45, 7) is 7.12. The molecule has 0 radical (unpaired) electrons. The molecule has 0 aromatic heterocycles. The van der Waals surface area contributed by atoms with Crippen molar-refractivity contribution in [1.29, 1.82) is 0 Å². The van der Waals surface area contributed by atoms with E-state index in [9.17, 15) is 4.79 Å². The minimum absolute atomic E-state index is 0.0440. The maximum atomic E-state index is 12.6. The van der Waals surface area contributed by atoms with Crippen molar-refractivity contribution in [3.05, 3.63) is 29.3 Å². The first kappa shape index (κ1) is 15.3. The van der Waals surface area contributed by atoms with Gasteiger partial charge in [0.05, 0.1) is 12.2 Å². The largest absolute Gasteiger partial charge is 0.481 e. The third-order valence-corrected chi connectivity index (χ3v) is 4.46. The van der Waals surface area contributed by atoms with Gasteiger partial charge in [-0.1, -0.05) is 6.07 Å². The summed E-state index contributed by atoms with van der Waals surface area (Å²) < 4.78 is 11.6. The first-order chi connectivity index (χ1) is 10.5. The molecule has 1 heterocycles. The van der Waals surface area contributed by atoms with E-state index < -0.39 is 6.10 Å². The fourth-order valence-electron chi connectivity index (χ4n) is 3.49. The van der Waals surface area contributed by atoms with Crippen LogP contribution < -0.4 is 4.74 Å². The van der Waals surface area contributed by atoms with E-state index in [2.05, 4.69) is 12.1 Å². The van der Waals surface area contributed by atoms with E-state index >= 15 is 0 Å². The number of benzene rings is 1. The first-order valence-electron chi connectivity index (χ1n) is 8.25. The molecular formula is C18H25NO3. The normalized spacial score (nSPS) is 25.7. The third-order valence-electron chi connectivity index (χ3n) is 4.46. The molecule has 3 atom stereocenters. The second-order valence-corrected chi connectivity index (χ2v) is 6.54. The topological polar surface area (TPSA) is 38.8 Å². The average molecular weight is 303 g/mol. The van der Waals surface area contributed by atoms with Crippen LogP contribution in [0.15, 0.2) is 18.2 Å². The number of fused-ring (bicyclic) bond motifs is 1. The van der Waals surface area contributed by atoms with Crippen molar-refractivity contribution in [3.8, 4) is 5.75 Å². The average Bonchev–Trinajstić information content (AvgIpc) is 2.93. The summed E-state index contributed by atoms with van der Waals surface area (Å²) in [6.07, 6.45) is 3.20. The third kappa shape index (κ3) is 3.27. The summed E-state index contributed by atoms with van der Waals surface area (Å²) in [5, 5.41) is 0. The maximum absolute atomic E-state index is 12.6. The summed E-state index contributed by atoms with van der Waals surface area (Å²) in [7, 11) is 0. The number of rotatable bonds is 3. The monoisotopic (exact) mass is 303 g/mol. The fraction of sp³-hybridized carbons (Fsp3) is 0.611. The minimum Gasteiger partial charge on any atom is -0.481 e. The summed E-state index contributed by atoms with van der Waals surface area (Å²) in [6, 6.07) is 6.21. The van der Waals surface area contributed by atoms with Gasteiger partial charge in [-0.05, 0) is 63.3 Å². The highest BCUT2D eigenvalue weighted by Crippen LogP contribution is 2.26. The van der Waals surface area contributed by atoms with Crippen molar-refractivity contribution in [2.45, 2.75) is 58.3 Å². The Hall–Kier alpha value is -1.55. The van der Waals surface area contributed by atoms with E-state index in [1.54, 1.807) is 0 Å². The molecule has 1 aliphatic heterocycles. The van der Waals surface area contributed by atoms with Crippen molar-refractivity contribution < 1.29 is 14.3 Å². The quantitative estimate of drug-likeness (QED) is 0.861. The molecule has 0 bridgehead atoms. The Morgan fingerprint density at radius 3 is 2.64 bits per heavy atom. The van der Waals surface area contributed by atoms with Gasteiger partial charge < -0.3 is 14.4 Å². The Morgan fingerprint density at radius 1 is 1.23 bits per heavy atom. The van der Waals surface area contributed by atoms with E-state index in [0.717, 1.165) is 18.6 Å². The molecular weight excluding hydrogens is 278 g/mol. The smallest absolute Gasteiger partial charge is 0.263 e. The second-order valence-electron chi connectivity index (χ2n) is 6.54. The zero-order valence-electron chi connectivity index (χ0n) is 13.7. The van der Waals surface area contributed by atoms with Crippen LogP contribution in [0.1, 0.15) is 38.3 Å². The van der Waals surface area contributed by atoms with Crippen LogP contribution in [0.5, 0.6) is 5.75 Å². The molecule has 2 aliphatic rings. The molecule has 4 heteroatoms. The Balaban J connectivity index is 1.63.